The monoisotopic (exact) mass is 292 g/mol. The molecule has 0 aliphatic carbocycles. The molecule has 2 nitrogen and oxygen atoms in total. The van der Waals surface area contributed by atoms with Crippen LogP contribution in [0, 0.1) is 6.92 Å². The lowest BCUT2D eigenvalue weighted by atomic mass is 9.95. The van der Waals surface area contributed by atoms with Crippen LogP contribution in [0.2, 0.25) is 5.02 Å². The predicted molar refractivity (Wildman–Crippen MR) is 86.8 cm³/mol. The molecule has 0 aromatic heterocycles. The molecule has 2 heterocycles. The molecule has 2 aliphatic heterocycles. The number of fused-ring (bicyclic) bond motifs is 2. The molecular weight excluding hydrogens is 268 g/mol. The lowest BCUT2D eigenvalue weighted by molar-refractivity contribution is 0.356. The number of aryl methyl sites for hydroxylation is 1. The summed E-state index contributed by atoms with van der Waals surface area (Å²) >= 11 is 6.21. The molecule has 1 aromatic carbocycles. The third-order valence-electron chi connectivity index (χ3n) is 4.87. The van der Waals surface area contributed by atoms with Crippen LogP contribution in [0.15, 0.2) is 18.2 Å². The van der Waals surface area contributed by atoms with Crippen LogP contribution in [-0.2, 0) is 0 Å². The van der Waals surface area contributed by atoms with Crippen LogP contribution in [0.5, 0.6) is 0 Å². The molecule has 2 unspecified atom stereocenters. The van der Waals surface area contributed by atoms with Gasteiger partial charge < -0.3 is 10.2 Å². The third-order valence-corrected chi connectivity index (χ3v) is 5.10. The van der Waals surface area contributed by atoms with Crippen LogP contribution in [0.1, 0.15) is 44.6 Å². The number of hydrogen-bond acceptors (Lipinski definition) is 2. The molecule has 3 rings (SSSR count). The van der Waals surface area contributed by atoms with Gasteiger partial charge in [-0.05, 0) is 63.3 Å². The molecular formula is C17H25ClN2. The van der Waals surface area contributed by atoms with Crippen molar-refractivity contribution < 1.29 is 0 Å². The highest BCUT2D eigenvalue weighted by molar-refractivity contribution is 6.30. The van der Waals surface area contributed by atoms with E-state index in [-0.39, 0.29) is 0 Å². The zero-order valence-electron chi connectivity index (χ0n) is 12.5. The smallest absolute Gasteiger partial charge is 0.0426 e. The summed E-state index contributed by atoms with van der Waals surface area (Å²) in [6, 6.07) is 8.40. The zero-order chi connectivity index (χ0) is 14.1. The van der Waals surface area contributed by atoms with Crippen LogP contribution in [0.4, 0.5) is 5.69 Å². The molecule has 20 heavy (non-hydrogen) atoms. The molecule has 1 aromatic rings. The minimum atomic E-state index is 0.695. The quantitative estimate of drug-likeness (QED) is 0.897. The second kappa shape index (κ2) is 5.95. The Kier molecular flexibility index (Phi) is 4.23. The number of hydrogen-bond donors (Lipinski definition) is 1. The lowest BCUT2D eigenvalue weighted by Crippen LogP contribution is -2.49. The normalized spacial score (nSPS) is 28.9. The average Bonchev–Trinajstić information content (AvgIpc) is 2.70. The Morgan fingerprint density at radius 3 is 2.60 bits per heavy atom. The fourth-order valence-electron chi connectivity index (χ4n) is 3.95. The highest BCUT2D eigenvalue weighted by atomic mass is 35.5. The highest BCUT2D eigenvalue weighted by Gasteiger charge is 2.40. The van der Waals surface area contributed by atoms with E-state index >= 15 is 0 Å². The SMILES string of the molecule is CCCNC1CC2CCC(C1)N2c1cc(Cl)ccc1C. The molecule has 0 radical (unpaired) electrons. The van der Waals surface area contributed by atoms with Crippen molar-refractivity contribution in [3.63, 3.8) is 0 Å². The van der Waals surface area contributed by atoms with Crippen molar-refractivity contribution in [1.82, 2.24) is 5.32 Å². The summed E-state index contributed by atoms with van der Waals surface area (Å²) in [6.45, 7) is 5.60. The Bertz CT molecular complexity index is 460. The predicted octanol–water partition coefficient (Wildman–Crippen LogP) is 4.15. The minimum absolute atomic E-state index is 0.695. The first-order valence-corrected chi connectivity index (χ1v) is 8.34. The molecule has 1 N–H and O–H groups in total. The van der Waals surface area contributed by atoms with Gasteiger partial charge in [-0.3, -0.25) is 0 Å². The molecule has 3 heteroatoms. The molecule has 0 saturated carbocycles. The first-order chi connectivity index (χ1) is 9.69. The second-order valence-electron chi connectivity index (χ2n) is 6.35. The summed E-state index contributed by atoms with van der Waals surface area (Å²) < 4.78 is 0. The molecule has 2 atom stereocenters. The Morgan fingerprint density at radius 2 is 1.95 bits per heavy atom. The topological polar surface area (TPSA) is 15.3 Å². The molecule has 0 amide bonds. The summed E-state index contributed by atoms with van der Waals surface area (Å²) in [4.78, 5) is 2.66. The van der Waals surface area contributed by atoms with Gasteiger partial charge >= 0.3 is 0 Å². The Hall–Kier alpha value is -0.730. The van der Waals surface area contributed by atoms with E-state index in [0.717, 1.165) is 11.6 Å². The van der Waals surface area contributed by atoms with E-state index in [2.05, 4.69) is 36.2 Å². The van der Waals surface area contributed by atoms with E-state index in [0.29, 0.717) is 18.1 Å². The van der Waals surface area contributed by atoms with E-state index in [4.69, 9.17) is 11.6 Å². The van der Waals surface area contributed by atoms with Crippen molar-refractivity contribution in [2.24, 2.45) is 0 Å². The van der Waals surface area contributed by atoms with Crippen molar-refractivity contribution in [2.45, 2.75) is 64.1 Å². The van der Waals surface area contributed by atoms with Crippen LogP contribution >= 0.6 is 11.6 Å². The molecule has 110 valence electrons. The Morgan fingerprint density at radius 1 is 1.25 bits per heavy atom. The average molecular weight is 293 g/mol. The number of nitrogens with zero attached hydrogens (tertiary/aromatic N) is 1. The van der Waals surface area contributed by atoms with Gasteiger partial charge in [0.15, 0.2) is 0 Å². The maximum atomic E-state index is 6.21. The van der Waals surface area contributed by atoms with E-state index in [1.807, 2.05) is 6.07 Å². The maximum Gasteiger partial charge on any atom is 0.0426 e. The van der Waals surface area contributed by atoms with Crippen molar-refractivity contribution in [1.29, 1.82) is 0 Å². The summed E-state index contributed by atoms with van der Waals surface area (Å²) in [5.41, 5.74) is 2.71. The molecule has 2 fully saturated rings. The van der Waals surface area contributed by atoms with Gasteiger partial charge in [-0.25, -0.2) is 0 Å². The van der Waals surface area contributed by atoms with Gasteiger partial charge in [0.1, 0.15) is 0 Å². The van der Waals surface area contributed by atoms with E-state index in [9.17, 15) is 0 Å². The first-order valence-electron chi connectivity index (χ1n) is 7.97. The van der Waals surface area contributed by atoms with Crippen LogP contribution in [0.3, 0.4) is 0 Å². The fourth-order valence-corrected chi connectivity index (χ4v) is 4.11. The van der Waals surface area contributed by atoms with Gasteiger partial charge in [-0.15, -0.1) is 0 Å². The van der Waals surface area contributed by atoms with E-state index < -0.39 is 0 Å². The van der Waals surface area contributed by atoms with Crippen LogP contribution < -0.4 is 10.2 Å². The van der Waals surface area contributed by atoms with E-state index in [1.54, 1.807) is 0 Å². The first kappa shape index (κ1) is 14.2. The Balaban J connectivity index is 1.78. The summed E-state index contributed by atoms with van der Waals surface area (Å²) in [6.07, 6.45) is 6.45. The van der Waals surface area contributed by atoms with Gasteiger partial charge in [0.2, 0.25) is 0 Å². The lowest BCUT2D eigenvalue weighted by Gasteiger charge is -2.41. The van der Waals surface area contributed by atoms with Crippen molar-refractivity contribution in [2.75, 3.05) is 11.4 Å². The van der Waals surface area contributed by atoms with Crippen LogP contribution in [0.25, 0.3) is 0 Å². The molecule has 2 aliphatic rings. The van der Waals surface area contributed by atoms with Crippen molar-refractivity contribution in [3.05, 3.63) is 28.8 Å². The van der Waals surface area contributed by atoms with Gasteiger partial charge in [-0.1, -0.05) is 24.6 Å². The van der Waals surface area contributed by atoms with Gasteiger partial charge in [0, 0.05) is 28.8 Å². The number of anilines is 1. The summed E-state index contributed by atoms with van der Waals surface area (Å²) in [5.74, 6) is 0. The standard InChI is InChI=1S/C17H25ClN2/c1-3-8-19-14-10-15-6-7-16(11-14)20(15)17-9-13(18)5-4-12(17)2/h4-5,9,14-16,19H,3,6-8,10-11H2,1-2H3. The summed E-state index contributed by atoms with van der Waals surface area (Å²) in [7, 11) is 0. The number of nitrogens with one attached hydrogen (secondary N) is 1. The minimum Gasteiger partial charge on any atom is -0.365 e. The fraction of sp³-hybridized carbons (Fsp3) is 0.647. The van der Waals surface area contributed by atoms with Crippen LogP contribution in [-0.4, -0.2) is 24.7 Å². The second-order valence-corrected chi connectivity index (χ2v) is 6.78. The number of benzene rings is 1. The van der Waals surface area contributed by atoms with Crippen molar-refractivity contribution >= 4 is 17.3 Å². The zero-order valence-corrected chi connectivity index (χ0v) is 13.3. The molecule has 2 bridgehead atoms. The maximum absolute atomic E-state index is 6.21. The number of rotatable bonds is 4. The molecule has 0 spiro atoms. The third kappa shape index (κ3) is 2.68. The van der Waals surface area contributed by atoms with E-state index in [1.165, 1.54) is 43.4 Å². The highest BCUT2D eigenvalue weighted by Crippen LogP contribution is 2.41. The van der Waals surface area contributed by atoms with Gasteiger partial charge in [-0.2, -0.15) is 0 Å². The van der Waals surface area contributed by atoms with Gasteiger partial charge in [0.25, 0.3) is 0 Å². The number of piperidine rings is 1. The largest absolute Gasteiger partial charge is 0.365 e. The van der Waals surface area contributed by atoms with Crippen molar-refractivity contribution in [3.8, 4) is 0 Å². The number of halogens is 1. The molecule has 2 saturated heterocycles. The van der Waals surface area contributed by atoms with Gasteiger partial charge in [0.05, 0.1) is 0 Å². The Labute approximate surface area is 127 Å². The summed E-state index contributed by atoms with van der Waals surface area (Å²) in [5, 5.41) is 4.57.